The van der Waals surface area contributed by atoms with Gasteiger partial charge in [-0.25, -0.2) is 0 Å². The summed E-state index contributed by atoms with van der Waals surface area (Å²) in [4.78, 5) is 14.4. The van der Waals surface area contributed by atoms with Crippen LogP contribution >= 0.6 is 0 Å². The van der Waals surface area contributed by atoms with Gasteiger partial charge in [-0.1, -0.05) is 64.1 Å². The van der Waals surface area contributed by atoms with Crippen molar-refractivity contribution in [3.05, 3.63) is 54.1 Å². The maximum atomic E-state index is 12.6. The van der Waals surface area contributed by atoms with E-state index in [1.54, 1.807) is 0 Å². The van der Waals surface area contributed by atoms with Crippen LogP contribution in [0.3, 0.4) is 0 Å². The lowest BCUT2D eigenvalue weighted by Crippen LogP contribution is -2.37. The second-order valence-electron chi connectivity index (χ2n) is 6.86. The molecule has 2 rings (SSSR count). The van der Waals surface area contributed by atoms with E-state index in [-0.39, 0.29) is 18.4 Å². The lowest BCUT2D eigenvalue weighted by Gasteiger charge is -2.27. The first kappa shape index (κ1) is 18.2. The molecule has 0 spiro atoms. The molecule has 1 amide bonds. The number of carbonyl (C=O) groups excluding carboxylic acids is 1. The zero-order valence-electron chi connectivity index (χ0n) is 15.0. The smallest absolute Gasteiger partial charge is 0.229 e. The first-order valence-corrected chi connectivity index (χ1v) is 8.54. The molecule has 0 aromatic heterocycles. The van der Waals surface area contributed by atoms with E-state index in [2.05, 4.69) is 13.8 Å². The molecule has 0 unspecified atom stereocenters. The SMILES string of the molecule is CC(C)CN(C(=O)C(C)C)c1ccc(-c2ccccc2)c(CO)c1. The lowest BCUT2D eigenvalue weighted by molar-refractivity contribution is -0.121. The molecular formula is C21H27NO2. The molecule has 24 heavy (non-hydrogen) atoms. The Balaban J connectivity index is 2.44. The Morgan fingerprint density at radius 3 is 2.25 bits per heavy atom. The minimum absolute atomic E-state index is 0.0521. The molecule has 0 radical (unpaired) electrons. The van der Waals surface area contributed by atoms with Crippen molar-refractivity contribution in [2.45, 2.75) is 34.3 Å². The van der Waals surface area contributed by atoms with Gasteiger partial charge in [0.1, 0.15) is 0 Å². The number of hydrogen-bond acceptors (Lipinski definition) is 2. The van der Waals surface area contributed by atoms with E-state index in [0.29, 0.717) is 12.5 Å². The molecule has 3 nitrogen and oxygen atoms in total. The van der Waals surface area contributed by atoms with Gasteiger partial charge in [-0.3, -0.25) is 4.79 Å². The Kier molecular flexibility index (Phi) is 6.16. The molecule has 128 valence electrons. The molecule has 1 N–H and O–H groups in total. The van der Waals surface area contributed by atoms with E-state index in [1.807, 2.05) is 67.3 Å². The normalized spacial score (nSPS) is 11.1. The molecule has 0 atom stereocenters. The zero-order valence-corrected chi connectivity index (χ0v) is 15.0. The molecule has 2 aromatic carbocycles. The number of aliphatic hydroxyl groups is 1. The molecule has 2 aromatic rings. The Morgan fingerprint density at radius 1 is 1.04 bits per heavy atom. The number of anilines is 1. The van der Waals surface area contributed by atoms with Crippen molar-refractivity contribution in [3.63, 3.8) is 0 Å². The molecule has 0 aliphatic carbocycles. The number of aliphatic hydroxyl groups excluding tert-OH is 1. The molecule has 0 saturated carbocycles. The fraction of sp³-hybridized carbons (Fsp3) is 0.381. The summed E-state index contributed by atoms with van der Waals surface area (Å²) in [5.74, 6) is 0.425. The van der Waals surface area contributed by atoms with E-state index in [4.69, 9.17) is 0 Å². The first-order chi connectivity index (χ1) is 11.4. The zero-order chi connectivity index (χ0) is 17.7. The summed E-state index contributed by atoms with van der Waals surface area (Å²) in [5.41, 5.74) is 3.76. The van der Waals surface area contributed by atoms with Crippen molar-refractivity contribution >= 4 is 11.6 Å². The number of carbonyl (C=O) groups is 1. The third-order valence-corrected chi connectivity index (χ3v) is 3.96. The molecule has 3 heteroatoms. The Bertz CT molecular complexity index is 677. The van der Waals surface area contributed by atoms with Crippen molar-refractivity contribution < 1.29 is 9.90 Å². The quantitative estimate of drug-likeness (QED) is 0.850. The van der Waals surface area contributed by atoms with Crippen LogP contribution in [0.25, 0.3) is 11.1 Å². The van der Waals surface area contributed by atoms with Crippen LogP contribution in [0.4, 0.5) is 5.69 Å². The summed E-state index contributed by atoms with van der Waals surface area (Å²) in [6.45, 7) is 8.66. The Morgan fingerprint density at radius 2 is 1.71 bits per heavy atom. The van der Waals surface area contributed by atoms with Gasteiger partial charge in [-0.15, -0.1) is 0 Å². The molecule has 0 aliphatic rings. The number of benzene rings is 2. The molecule has 0 bridgehead atoms. The van der Waals surface area contributed by atoms with E-state index in [9.17, 15) is 9.90 Å². The predicted molar refractivity (Wildman–Crippen MR) is 99.8 cm³/mol. The van der Waals surface area contributed by atoms with E-state index >= 15 is 0 Å². The minimum Gasteiger partial charge on any atom is -0.392 e. The topological polar surface area (TPSA) is 40.5 Å². The van der Waals surface area contributed by atoms with Gasteiger partial charge in [-0.2, -0.15) is 0 Å². The highest BCUT2D eigenvalue weighted by atomic mass is 16.3. The van der Waals surface area contributed by atoms with Gasteiger partial charge in [0, 0.05) is 18.2 Å². The number of amides is 1. The number of rotatable bonds is 6. The van der Waals surface area contributed by atoms with Crippen molar-refractivity contribution in [1.82, 2.24) is 0 Å². The third-order valence-electron chi connectivity index (χ3n) is 3.96. The molecular weight excluding hydrogens is 298 g/mol. The van der Waals surface area contributed by atoms with Crippen LogP contribution in [-0.4, -0.2) is 17.6 Å². The third kappa shape index (κ3) is 4.24. The average Bonchev–Trinajstić information content (AvgIpc) is 2.59. The highest BCUT2D eigenvalue weighted by Gasteiger charge is 2.20. The highest BCUT2D eigenvalue weighted by molar-refractivity contribution is 5.95. The van der Waals surface area contributed by atoms with Crippen molar-refractivity contribution in [2.75, 3.05) is 11.4 Å². The summed E-state index contributed by atoms with van der Waals surface area (Å²) >= 11 is 0. The Hall–Kier alpha value is -2.13. The van der Waals surface area contributed by atoms with Crippen LogP contribution in [0.5, 0.6) is 0 Å². The summed E-state index contributed by atoms with van der Waals surface area (Å²) in [7, 11) is 0. The largest absolute Gasteiger partial charge is 0.392 e. The van der Waals surface area contributed by atoms with Gasteiger partial charge >= 0.3 is 0 Å². The average molecular weight is 325 g/mol. The minimum atomic E-state index is -0.0601. The number of nitrogens with zero attached hydrogens (tertiary/aromatic N) is 1. The maximum absolute atomic E-state index is 12.6. The van der Waals surface area contributed by atoms with E-state index in [0.717, 1.165) is 22.4 Å². The van der Waals surface area contributed by atoms with Crippen LogP contribution in [0.15, 0.2) is 48.5 Å². The second kappa shape index (κ2) is 8.11. The van der Waals surface area contributed by atoms with E-state index < -0.39 is 0 Å². The Labute approximate surface area is 144 Å². The van der Waals surface area contributed by atoms with Crippen LogP contribution in [0, 0.1) is 11.8 Å². The fourth-order valence-electron chi connectivity index (χ4n) is 2.78. The van der Waals surface area contributed by atoms with Gasteiger partial charge < -0.3 is 10.0 Å². The van der Waals surface area contributed by atoms with Gasteiger partial charge in [0.05, 0.1) is 6.61 Å². The summed E-state index contributed by atoms with van der Waals surface area (Å²) < 4.78 is 0. The summed E-state index contributed by atoms with van der Waals surface area (Å²) in [6, 6.07) is 15.9. The van der Waals surface area contributed by atoms with E-state index in [1.165, 1.54) is 0 Å². The molecule has 0 fully saturated rings. The fourth-order valence-corrected chi connectivity index (χ4v) is 2.78. The second-order valence-corrected chi connectivity index (χ2v) is 6.86. The van der Waals surface area contributed by atoms with Crippen molar-refractivity contribution in [2.24, 2.45) is 11.8 Å². The first-order valence-electron chi connectivity index (χ1n) is 8.54. The van der Waals surface area contributed by atoms with Gasteiger partial charge in [0.15, 0.2) is 0 Å². The standard InChI is InChI=1S/C21H27NO2/c1-15(2)13-22(21(24)16(3)4)19-10-11-20(18(12-19)14-23)17-8-6-5-7-9-17/h5-12,15-16,23H,13-14H2,1-4H3. The van der Waals surface area contributed by atoms with Crippen LogP contribution in [0.1, 0.15) is 33.3 Å². The van der Waals surface area contributed by atoms with Crippen molar-refractivity contribution in [1.29, 1.82) is 0 Å². The molecule has 0 heterocycles. The predicted octanol–water partition coefficient (Wildman–Crippen LogP) is 4.49. The van der Waals surface area contributed by atoms with Crippen LogP contribution in [-0.2, 0) is 11.4 Å². The summed E-state index contributed by atoms with van der Waals surface area (Å²) in [6.07, 6.45) is 0. The number of hydrogen-bond donors (Lipinski definition) is 1. The monoisotopic (exact) mass is 325 g/mol. The van der Waals surface area contributed by atoms with Crippen molar-refractivity contribution in [3.8, 4) is 11.1 Å². The molecule has 0 saturated heterocycles. The van der Waals surface area contributed by atoms with Gasteiger partial charge in [0.2, 0.25) is 5.91 Å². The lowest BCUT2D eigenvalue weighted by atomic mass is 9.98. The highest BCUT2D eigenvalue weighted by Crippen LogP contribution is 2.29. The molecule has 0 aliphatic heterocycles. The van der Waals surface area contributed by atoms with Gasteiger partial charge in [0.25, 0.3) is 0 Å². The van der Waals surface area contributed by atoms with Crippen LogP contribution < -0.4 is 4.90 Å². The maximum Gasteiger partial charge on any atom is 0.229 e. The van der Waals surface area contributed by atoms with Crippen LogP contribution in [0.2, 0.25) is 0 Å². The van der Waals surface area contributed by atoms with Gasteiger partial charge in [-0.05, 0) is 34.7 Å². The summed E-state index contributed by atoms with van der Waals surface area (Å²) in [5, 5.41) is 9.81.